The van der Waals surface area contributed by atoms with Crippen molar-refractivity contribution in [2.75, 3.05) is 5.32 Å². The monoisotopic (exact) mass is 471 g/mol. The molecule has 4 heterocycles. The van der Waals surface area contributed by atoms with Crippen LogP contribution in [0.1, 0.15) is 22.3 Å². The predicted molar refractivity (Wildman–Crippen MR) is 138 cm³/mol. The Kier molecular flexibility index (Phi) is 4.93. The van der Waals surface area contributed by atoms with E-state index in [4.69, 9.17) is 4.98 Å². The van der Waals surface area contributed by atoms with Crippen LogP contribution in [-0.4, -0.2) is 34.5 Å². The van der Waals surface area contributed by atoms with Crippen LogP contribution in [0.15, 0.2) is 67.3 Å². The number of benzene rings is 2. The lowest BCUT2D eigenvalue weighted by Gasteiger charge is -2.13. The summed E-state index contributed by atoms with van der Waals surface area (Å²) in [5, 5.41) is 23.9. The molecule has 0 saturated heterocycles. The average Bonchev–Trinajstić information content (AvgIpc) is 3.50. The Bertz CT molecular complexity index is 1810. The molecule has 9 nitrogen and oxygen atoms in total. The van der Waals surface area contributed by atoms with Crippen molar-refractivity contribution >= 4 is 33.6 Å². The van der Waals surface area contributed by atoms with E-state index in [2.05, 4.69) is 64.5 Å². The van der Waals surface area contributed by atoms with Gasteiger partial charge in [0.15, 0.2) is 17.3 Å². The fourth-order valence-corrected chi connectivity index (χ4v) is 4.47. The van der Waals surface area contributed by atoms with Crippen molar-refractivity contribution in [3.05, 3.63) is 89.5 Å². The summed E-state index contributed by atoms with van der Waals surface area (Å²) in [4.78, 5) is 13.8. The molecule has 6 aromatic rings. The second-order valence-corrected chi connectivity index (χ2v) is 8.68. The molecule has 0 unspecified atom stereocenters. The molecule has 0 saturated carbocycles. The van der Waals surface area contributed by atoms with E-state index in [0.717, 1.165) is 27.7 Å². The molecule has 0 radical (unpaired) electrons. The molecule has 36 heavy (non-hydrogen) atoms. The van der Waals surface area contributed by atoms with Gasteiger partial charge in [0.25, 0.3) is 0 Å². The Morgan fingerprint density at radius 3 is 2.47 bits per heavy atom. The minimum atomic E-state index is 0.373. The Morgan fingerprint density at radius 1 is 0.861 bits per heavy atom. The van der Waals surface area contributed by atoms with Gasteiger partial charge in [0, 0.05) is 5.39 Å². The van der Waals surface area contributed by atoms with Crippen molar-refractivity contribution < 1.29 is 0 Å². The number of nitriles is 1. The van der Waals surface area contributed by atoms with E-state index >= 15 is 0 Å². The minimum Gasteiger partial charge on any atom is -0.323 e. The molecule has 2 aromatic carbocycles. The van der Waals surface area contributed by atoms with Crippen molar-refractivity contribution in [2.24, 2.45) is 0 Å². The molecule has 0 aliphatic rings. The summed E-state index contributed by atoms with van der Waals surface area (Å²) in [6.45, 7) is 6.19. The van der Waals surface area contributed by atoms with Crippen LogP contribution in [0.3, 0.4) is 0 Å². The lowest BCUT2D eigenvalue weighted by Crippen LogP contribution is -2.07. The Balaban J connectivity index is 1.48. The molecule has 1 N–H and O–H groups in total. The number of para-hydroxylation sites is 1. The zero-order valence-corrected chi connectivity index (χ0v) is 19.9. The molecule has 4 aromatic heterocycles. The molecular formula is C27H21N9. The van der Waals surface area contributed by atoms with E-state index in [-0.39, 0.29) is 0 Å². The number of aromatic nitrogens is 7. The third-order valence-electron chi connectivity index (χ3n) is 6.15. The molecule has 0 atom stereocenters. The van der Waals surface area contributed by atoms with Gasteiger partial charge in [0.2, 0.25) is 0 Å². The van der Waals surface area contributed by atoms with Crippen LogP contribution in [0, 0.1) is 32.1 Å². The van der Waals surface area contributed by atoms with Gasteiger partial charge in [-0.05, 0) is 56.2 Å². The van der Waals surface area contributed by atoms with Crippen LogP contribution in [-0.2, 0) is 0 Å². The lowest BCUT2D eigenvalue weighted by molar-refractivity contribution is 0.857. The van der Waals surface area contributed by atoms with E-state index in [1.807, 2.05) is 36.4 Å². The Morgan fingerprint density at radius 2 is 1.67 bits per heavy atom. The van der Waals surface area contributed by atoms with E-state index in [9.17, 15) is 5.26 Å². The minimum absolute atomic E-state index is 0.373. The fourth-order valence-electron chi connectivity index (χ4n) is 4.47. The highest BCUT2D eigenvalue weighted by Crippen LogP contribution is 2.29. The predicted octanol–water partition coefficient (Wildman–Crippen LogP) is 5.09. The van der Waals surface area contributed by atoms with Crippen molar-refractivity contribution in [3.63, 3.8) is 0 Å². The maximum atomic E-state index is 9.81. The van der Waals surface area contributed by atoms with Crippen LogP contribution < -0.4 is 5.32 Å². The first-order valence-electron chi connectivity index (χ1n) is 11.4. The summed E-state index contributed by atoms with van der Waals surface area (Å²) in [6, 6.07) is 18.2. The fraction of sp³-hybridized carbons (Fsp3) is 0.111. The molecule has 6 rings (SSSR count). The molecule has 174 valence electrons. The quantitative estimate of drug-likeness (QED) is 0.381. The molecule has 0 fully saturated rings. The lowest BCUT2D eigenvalue weighted by atomic mass is 10.0. The number of hydrogen-bond acceptors (Lipinski definition) is 7. The number of hydrogen-bond donors (Lipinski definition) is 1. The first kappa shape index (κ1) is 21.4. The molecule has 0 spiro atoms. The smallest absolute Gasteiger partial charge is 0.168 e. The summed E-state index contributed by atoms with van der Waals surface area (Å²) in [5.74, 6) is 1.60. The van der Waals surface area contributed by atoms with E-state index in [1.54, 1.807) is 15.6 Å². The first-order valence-corrected chi connectivity index (χ1v) is 11.4. The highest BCUT2D eigenvalue weighted by Gasteiger charge is 2.18. The Labute approximate surface area is 206 Å². The third kappa shape index (κ3) is 3.44. The van der Waals surface area contributed by atoms with Crippen molar-refractivity contribution in [1.29, 1.82) is 5.26 Å². The highest BCUT2D eigenvalue weighted by atomic mass is 15.4. The first-order chi connectivity index (χ1) is 17.5. The van der Waals surface area contributed by atoms with Gasteiger partial charge < -0.3 is 5.32 Å². The second-order valence-electron chi connectivity index (χ2n) is 8.68. The van der Waals surface area contributed by atoms with Crippen LogP contribution >= 0.6 is 0 Å². The second kappa shape index (κ2) is 8.29. The molecule has 0 aliphatic heterocycles. The van der Waals surface area contributed by atoms with Crippen molar-refractivity contribution in [2.45, 2.75) is 20.8 Å². The Hall–Kier alpha value is -5.10. The molecule has 0 aliphatic carbocycles. The SMILES string of the molecule is Cc1cc(C)c2nc(-n3ncc(C#N)c3Nc3ncnc4c3cnn4-c3ccccc3)cc(C)c2c1. The number of nitrogens with one attached hydrogen (secondary N) is 1. The van der Waals surface area contributed by atoms with Gasteiger partial charge in [0.05, 0.1) is 29.0 Å². The molecule has 0 amide bonds. The van der Waals surface area contributed by atoms with Gasteiger partial charge in [0.1, 0.15) is 23.8 Å². The van der Waals surface area contributed by atoms with Gasteiger partial charge in [-0.15, -0.1) is 0 Å². The molecule has 0 bridgehead atoms. The zero-order valence-electron chi connectivity index (χ0n) is 19.9. The van der Waals surface area contributed by atoms with Crippen LogP contribution in [0.5, 0.6) is 0 Å². The maximum absolute atomic E-state index is 9.81. The number of nitrogens with zero attached hydrogens (tertiary/aromatic N) is 8. The van der Waals surface area contributed by atoms with Gasteiger partial charge in [-0.1, -0.05) is 29.8 Å². The van der Waals surface area contributed by atoms with Gasteiger partial charge >= 0.3 is 0 Å². The number of pyridine rings is 1. The maximum Gasteiger partial charge on any atom is 0.168 e. The molecular weight excluding hydrogens is 450 g/mol. The average molecular weight is 472 g/mol. The zero-order chi connectivity index (χ0) is 24.8. The van der Waals surface area contributed by atoms with Gasteiger partial charge in [-0.3, -0.25) is 0 Å². The molecule has 9 heteroatoms. The number of rotatable bonds is 4. The van der Waals surface area contributed by atoms with E-state index < -0.39 is 0 Å². The summed E-state index contributed by atoms with van der Waals surface area (Å²) < 4.78 is 3.39. The van der Waals surface area contributed by atoms with Gasteiger partial charge in [-0.25, -0.2) is 19.6 Å². The standard InChI is InChI=1S/C27H21N9/c1-16-9-18(3)24-21(10-16)17(2)11-23(33-24)36-26(19(12-28)13-31-36)34-25-22-14-32-35(27(22)30-15-29-25)20-7-5-4-6-8-20/h4-11,13-15H,1-3H3,(H,29,30,34). The van der Waals surface area contributed by atoms with Crippen molar-refractivity contribution in [1.82, 2.24) is 34.5 Å². The topological polar surface area (TPSA) is 110 Å². The number of fused-ring (bicyclic) bond motifs is 2. The van der Waals surface area contributed by atoms with E-state index in [1.165, 1.54) is 18.1 Å². The third-order valence-corrected chi connectivity index (χ3v) is 6.15. The largest absolute Gasteiger partial charge is 0.323 e. The van der Waals surface area contributed by atoms with Gasteiger partial charge in [-0.2, -0.15) is 20.1 Å². The van der Waals surface area contributed by atoms with E-state index in [0.29, 0.717) is 34.1 Å². The highest BCUT2D eigenvalue weighted by molar-refractivity contribution is 5.90. The van der Waals surface area contributed by atoms with Crippen LogP contribution in [0.2, 0.25) is 0 Å². The summed E-state index contributed by atoms with van der Waals surface area (Å²) in [7, 11) is 0. The number of anilines is 2. The summed E-state index contributed by atoms with van der Waals surface area (Å²) >= 11 is 0. The number of aryl methyl sites for hydroxylation is 3. The van der Waals surface area contributed by atoms with Crippen LogP contribution in [0.25, 0.3) is 33.4 Å². The van der Waals surface area contributed by atoms with Crippen LogP contribution in [0.4, 0.5) is 11.6 Å². The summed E-state index contributed by atoms with van der Waals surface area (Å²) in [6.07, 6.45) is 4.71. The van der Waals surface area contributed by atoms with Crippen molar-refractivity contribution in [3.8, 4) is 17.6 Å². The summed E-state index contributed by atoms with van der Waals surface area (Å²) in [5.41, 5.74) is 6.17. The normalized spacial score (nSPS) is 11.2.